The van der Waals surface area contributed by atoms with Gasteiger partial charge in [-0.3, -0.25) is 4.98 Å². The monoisotopic (exact) mass is 257 g/mol. The van der Waals surface area contributed by atoms with Crippen molar-refractivity contribution in [1.82, 2.24) is 9.97 Å². The Hall–Kier alpha value is -2.38. The highest BCUT2D eigenvalue weighted by molar-refractivity contribution is 6.05. The number of anilines is 1. The van der Waals surface area contributed by atoms with E-state index in [2.05, 4.69) is 9.97 Å². The average molecular weight is 257 g/mol. The molecule has 2 rings (SSSR count). The van der Waals surface area contributed by atoms with Crippen molar-refractivity contribution in [3.05, 3.63) is 29.6 Å². The van der Waals surface area contributed by atoms with Gasteiger partial charge in [0, 0.05) is 12.4 Å². The van der Waals surface area contributed by atoms with Crippen LogP contribution >= 0.6 is 0 Å². The second-order valence-corrected chi connectivity index (χ2v) is 3.44. The Morgan fingerprint density at radius 1 is 1.33 bits per heavy atom. The van der Waals surface area contributed by atoms with Crippen LogP contribution in [0.1, 0.15) is 15.9 Å². The Bertz CT molecular complexity index is 640. The Labute approximate surface area is 98.1 Å². The Balaban J connectivity index is 2.93. The fourth-order valence-corrected chi connectivity index (χ4v) is 1.58. The lowest BCUT2D eigenvalue weighted by atomic mass is 10.1. The molecule has 0 fully saturated rings. The Morgan fingerprint density at radius 3 is 2.56 bits per heavy atom. The summed E-state index contributed by atoms with van der Waals surface area (Å²) in [6, 6.07) is 0.728. The number of pyridine rings is 2. The lowest BCUT2D eigenvalue weighted by Gasteiger charge is -2.11. The van der Waals surface area contributed by atoms with Crippen LogP contribution in [0.5, 0.6) is 0 Å². The van der Waals surface area contributed by atoms with E-state index in [9.17, 15) is 18.0 Å². The summed E-state index contributed by atoms with van der Waals surface area (Å²) < 4.78 is 38.3. The Kier molecular flexibility index (Phi) is 2.57. The SMILES string of the molecule is Nc1ncc(C(=O)O)c2nccc(C(F)(F)F)c12. The first-order valence-electron chi connectivity index (χ1n) is 4.66. The molecule has 0 spiro atoms. The van der Waals surface area contributed by atoms with E-state index >= 15 is 0 Å². The number of carboxylic acids is 1. The zero-order valence-electron chi connectivity index (χ0n) is 8.69. The molecule has 2 heterocycles. The molecule has 8 heteroatoms. The average Bonchev–Trinajstić information content (AvgIpc) is 2.27. The number of hydrogen-bond acceptors (Lipinski definition) is 4. The van der Waals surface area contributed by atoms with Gasteiger partial charge in [0.1, 0.15) is 11.4 Å². The third-order valence-corrected chi connectivity index (χ3v) is 2.33. The molecule has 5 nitrogen and oxygen atoms in total. The molecular formula is C10H6F3N3O2. The summed E-state index contributed by atoms with van der Waals surface area (Å²) in [4.78, 5) is 18.0. The van der Waals surface area contributed by atoms with Gasteiger partial charge in [-0.05, 0) is 6.07 Å². The molecule has 0 aliphatic carbocycles. The van der Waals surface area contributed by atoms with Crippen molar-refractivity contribution in [2.24, 2.45) is 0 Å². The van der Waals surface area contributed by atoms with Crippen LogP contribution < -0.4 is 5.73 Å². The van der Waals surface area contributed by atoms with E-state index in [-0.39, 0.29) is 5.52 Å². The molecular weight excluding hydrogens is 251 g/mol. The quantitative estimate of drug-likeness (QED) is 0.814. The van der Waals surface area contributed by atoms with Gasteiger partial charge in [0.15, 0.2) is 0 Å². The number of rotatable bonds is 1. The third kappa shape index (κ3) is 1.81. The van der Waals surface area contributed by atoms with E-state index in [1.54, 1.807) is 0 Å². The van der Waals surface area contributed by atoms with E-state index in [0.29, 0.717) is 0 Å². The summed E-state index contributed by atoms with van der Waals surface area (Å²) in [6.45, 7) is 0. The second kappa shape index (κ2) is 3.83. The minimum atomic E-state index is -4.66. The van der Waals surface area contributed by atoms with Gasteiger partial charge < -0.3 is 10.8 Å². The standard InChI is InChI=1S/C10H6F3N3O2/c11-10(12,13)5-1-2-15-7-4(9(17)18)3-16-8(14)6(5)7/h1-3H,(H2,14,16)(H,17,18). The van der Waals surface area contributed by atoms with Crippen LogP contribution in [0.15, 0.2) is 18.5 Å². The van der Waals surface area contributed by atoms with Crippen molar-refractivity contribution in [3.8, 4) is 0 Å². The predicted octanol–water partition coefficient (Wildman–Crippen LogP) is 1.93. The molecule has 0 bridgehead atoms. The number of nitrogens with two attached hydrogens (primary N) is 1. The molecule has 2 aromatic rings. The zero-order chi connectivity index (χ0) is 13.5. The van der Waals surface area contributed by atoms with E-state index in [1.807, 2.05) is 0 Å². The number of aromatic carboxylic acids is 1. The van der Waals surface area contributed by atoms with Crippen molar-refractivity contribution in [2.75, 3.05) is 5.73 Å². The van der Waals surface area contributed by atoms with Gasteiger partial charge in [0.2, 0.25) is 0 Å². The highest BCUT2D eigenvalue weighted by Crippen LogP contribution is 2.36. The van der Waals surface area contributed by atoms with Crippen LogP contribution in [0.3, 0.4) is 0 Å². The Morgan fingerprint density at radius 2 is 2.00 bits per heavy atom. The third-order valence-electron chi connectivity index (χ3n) is 2.33. The number of aromatic nitrogens is 2. The van der Waals surface area contributed by atoms with Crippen LogP contribution in [0.4, 0.5) is 19.0 Å². The van der Waals surface area contributed by atoms with Gasteiger partial charge in [-0.1, -0.05) is 0 Å². The van der Waals surface area contributed by atoms with Crippen molar-refractivity contribution in [3.63, 3.8) is 0 Å². The highest BCUT2D eigenvalue weighted by atomic mass is 19.4. The molecule has 0 aliphatic rings. The lowest BCUT2D eigenvalue weighted by molar-refractivity contribution is -0.136. The van der Waals surface area contributed by atoms with Gasteiger partial charge in [0.25, 0.3) is 0 Å². The van der Waals surface area contributed by atoms with Crippen molar-refractivity contribution >= 4 is 22.7 Å². The van der Waals surface area contributed by atoms with E-state index in [1.165, 1.54) is 0 Å². The summed E-state index contributed by atoms with van der Waals surface area (Å²) in [7, 11) is 0. The van der Waals surface area contributed by atoms with Crippen LogP contribution in [-0.4, -0.2) is 21.0 Å². The molecule has 18 heavy (non-hydrogen) atoms. The van der Waals surface area contributed by atoms with Crippen molar-refractivity contribution in [2.45, 2.75) is 6.18 Å². The first-order chi connectivity index (χ1) is 8.32. The molecule has 0 amide bonds. The summed E-state index contributed by atoms with van der Waals surface area (Å²) in [5, 5.41) is 8.37. The first-order valence-corrected chi connectivity index (χ1v) is 4.66. The lowest BCUT2D eigenvalue weighted by Crippen LogP contribution is -2.10. The number of nitrogens with zero attached hydrogens (tertiary/aromatic N) is 2. The molecule has 0 radical (unpaired) electrons. The maximum Gasteiger partial charge on any atom is 0.417 e. The number of nitrogen functional groups attached to an aromatic ring is 1. The van der Waals surface area contributed by atoms with Gasteiger partial charge in [-0.15, -0.1) is 0 Å². The van der Waals surface area contributed by atoms with Gasteiger partial charge >= 0.3 is 12.1 Å². The summed E-state index contributed by atoms with van der Waals surface area (Å²) >= 11 is 0. The largest absolute Gasteiger partial charge is 0.478 e. The van der Waals surface area contributed by atoms with Crippen LogP contribution in [0, 0.1) is 0 Å². The maximum atomic E-state index is 12.8. The van der Waals surface area contributed by atoms with Crippen LogP contribution in [0.2, 0.25) is 0 Å². The van der Waals surface area contributed by atoms with Gasteiger partial charge in [-0.25, -0.2) is 9.78 Å². The molecule has 3 N–H and O–H groups in total. The maximum absolute atomic E-state index is 12.8. The zero-order valence-corrected chi connectivity index (χ0v) is 8.69. The fourth-order valence-electron chi connectivity index (χ4n) is 1.58. The van der Waals surface area contributed by atoms with Gasteiger partial charge in [0.05, 0.1) is 16.5 Å². The van der Waals surface area contributed by atoms with Crippen molar-refractivity contribution < 1.29 is 23.1 Å². The minimum Gasteiger partial charge on any atom is -0.478 e. The van der Waals surface area contributed by atoms with Gasteiger partial charge in [-0.2, -0.15) is 13.2 Å². The molecule has 0 unspecified atom stereocenters. The topological polar surface area (TPSA) is 89.1 Å². The second-order valence-electron chi connectivity index (χ2n) is 3.44. The molecule has 0 atom stereocenters. The number of alkyl halides is 3. The van der Waals surface area contributed by atoms with E-state index < -0.39 is 34.5 Å². The van der Waals surface area contributed by atoms with Crippen LogP contribution in [-0.2, 0) is 6.18 Å². The summed E-state index contributed by atoms with van der Waals surface area (Å²) in [5.41, 5.74) is 3.57. The molecule has 0 saturated heterocycles. The van der Waals surface area contributed by atoms with E-state index in [0.717, 1.165) is 18.5 Å². The summed E-state index contributed by atoms with van der Waals surface area (Å²) in [5.74, 6) is -1.82. The van der Waals surface area contributed by atoms with E-state index in [4.69, 9.17) is 10.8 Å². The highest BCUT2D eigenvalue weighted by Gasteiger charge is 2.34. The molecule has 2 aromatic heterocycles. The number of hydrogen-bond donors (Lipinski definition) is 2. The fraction of sp³-hybridized carbons (Fsp3) is 0.100. The predicted molar refractivity (Wildman–Crippen MR) is 55.9 cm³/mol. The summed E-state index contributed by atoms with van der Waals surface area (Å²) in [6.07, 6.45) is -2.89. The number of carbonyl (C=O) groups is 1. The molecule has 94 valence electrons. The van der Waals surface area contributed by atoms with Crippen molar-refractivity contribution in [1.29, 1.82) is 0 Å². The first kappa shape index (κ1) is 12.1. The number of halogens is 3. The molecule has 0 aromatic carbocycles. The molecule has 0 saturated carbocycles. The number of fused-ring (bicyclic) bond motifs is 1. The number of carboxylic acid groups (broad SMARTS) is 1. The normalized spacial score (nSPS) is 11.7. The minimum absolute atomic E-state index is 0.329. The smallest absolute Gasteiger partial charge is 0.417 e. The van der Waals surface area contributed by atoms with Crippen LogP contribution in [0.25, 0.3) is 10.9 Å². The molecule has 0 aliphatic heterocycles.